The summed E-state index contributed by atoms with van der Waals surface area (Å²) in [6.07, 6.45) is 14.4. The Morgan fingerprint density at radius 3 is 1.02 bits per heavy atom. The van der Waals surface area contributed by atoms with E-state index in [4.69, 9.17) is 33.4 Å². The maximum Gasteiger partial charge on any atom is 0.337 e. The van der Waals surface area contributed by atoms with Crippen LogP contribution in [0.1, 0.15) is 202 Å². The van der Waals surface area contributed by atoms with E-state index in [0.29, 0.717) is 101 Å². The second-order valence-corrected chi connectivity index (χ2v) is 39.5. The Balaban J connectivity index is 0.000000101. The zero-order valence-corrected chi connectivity index (χ0v) is 82.5. The van der Waals surface area contributed by atoms with E-state index < -0.39 is 5.97 Å². The van der Waals surface area contributed by atoms with Crippen molar-refractivity contribution < 1.29 is 33.5 Å². The Morgan fingerprint density at radius 1 is 0.349 bits per heavy atom. The van der Waals surface area contributed by atoms with Crippen LogP contribution in [0.25, 0.3) is 177 Å². The number of allylic oxidation sites excluding steroid dienone is 1. The van der Waals surface area contributed by atoms with E-state index in [9.17, 15) is 28.8 Å². The highest BCUT2D eigenvalue weighted by Gasteiger charge is 2.39. The molecule has 0 atom stereocenters. The quantitative estimate of drug-likeness (QED) is 0.0568. The molecule has 37 heteroatoms. The number of ether oxygens (including phenoxy) is 1. The fourth-order valence-electron chi connectivity index (χ4n) is 22.3. The standard InChI is InChI=1S/C24H24N6O2.C23H23N7O2.C21H20N6O3.C21H21N5.C20H20N6/c1-12(2)29-16-7-8-19(31)30-17-10-14(24(32)28-15-5-6-15)4-3-13(17)9-18(30)20(16)21-22(25)26-11-27-23(21)29;1-11(2)29-17-9-25-23(32)30-15-8-13(22(31)28-14-5-6-14)4-3-12(15)7-16(30)18(17)19-20(24)26-10-27-21(19)29;1-10(2)26-15-8-23-21(29)27-13-7-12(20(28)30-3)5-4-11(13)6-14(27)16(15)17-18(22)24-9-25-19(17)26;1-12(2)25-16-9-8-13(3)26-15-7-5-4-6-14(15)10-17(26)18(16)19-20(22)23-11-24-21(19)25;1-11(2)25-16-9-22-12(3)26-14-7-5-4-6-13(14)8-15(26)17(16)18-19(21)23-10-24-20(18)25/h3-4,9-12,15H,5-8H2,1-2H3,(H,28,32)(H2,25,26,27);3-4,7-8,10-11,14H,5-6,9H2,1-2H3,(H,25,32)(H,28,31)(H2,24,26,27);4-7,9-10H,8H2,1-3H3,(H,23,29)(H2,22,24,25);4-7,10-12H,3,8-9H2,1-2H3,(H2,22,23,24);4-8,10-11,22H,3,9H2,1-2H3,(H2,21,23,24). The summed E-state index contributed by atoms with van der Waals surface area (Å²) in [6, 6.07) is 44.2. The SMILES string of the molecule is C=C1CCc2c(c3c(N)ncnc3n2C(C)C)-c2cc3ccccc3n21.C=C1NCc2c(c3c(N)ncnc3n2C(C)C)-c2cc3ccccc3n21.CC(C)n1c2c(c3c(N)ncnc31)-c1cc3ccc(C(=O)NC4CC4)cc3n1C(=O)CC2.CC(C)n1c2c(c3c(N)ncnc31)-c1cc3ccc(C(=O)NC4CC4)cc3n1C(=O)NC2.COC(=O)c1ccc2cc3n(c2c1)C(=O)NCc1c-3c2c(N)ncnc2n1C(C)C. The molecule has 0 spiro atoms. The number of rotatable bonds is 10. The topological polar surface area (TPSA) is 480 Å². The molecule has 0 bridgehead atoms. The number of nitrogens with one attached hydrogen (secondary N) is 5. The minimum Gasteiger partial charge on any atom is -0.465 e. The van der Waals surface area contributed by atoms with Gasteiger partial charge in [0.2, 0.25) is 5.91 Å². The van der Waals surface area contributed by atoms with E-state index >= 15 is 0 Å². The van der Waals surface area contributed by atoms with Gasteiger partial charge in [0.15, 0.2) is 0 Å². The number of amides is 4. The van der Waals surface area contributed by atoms with Gasteiger partial charge in [-0.05, 0) is 193 Å². The van der Waals surface area contributed by atoms with E-state index in [0.717, 1.165) is 206 Å². The summed E-state index contributed by atoms with van der Waals surface area (Å²) in [5.41, 5.74) is 57.1. The van der Waals surface area contributed by atoms with E-state index in [-0.39, 0.29) is 66.0 Å². The van der Waals surface area contributed by atoms with E-state index in [1.807, 2.05) is 54.6 Å². The number of aromatic nitrogens is 20. The molecule has 15 aromatic heterocycles. The van der Waals surface area contributed by atoms with Gasteiger partial charge in [-0.2, -0.15) is 0 Å². The molecule has 0 unspecified atom stereocenters. The third-order valence-corrected chi connectivity index (χ3v) is 28.8. The van der Waals surface area contributed by atoms with E-state index in [1.165, 1.54) is 54.4 Å². The van der Waals surface area contributed by atoms with Crippen molar-refractivity contribution in [2.24, 2.45) is 0 Å². The van der Waals surface area contributed by atoms with Crippen LogP contribution in [0, 0.1) is 0 Å². The highest BCUT2D eigenvalue weighted by molar-refractivity contribution is 6.15. The van der Waals surface area contributed by atoms with Gasteiger partial charge in [0, 0.05) is 149 Å². The third kappa shape index (κ3) is 14.8. The maximum atomic E-state index is 13.3. The number of anilines is 5. The molecule has 5 aliphatic heterocycles. The van der Waals surface area contributed by atoms with Crippen molar-refractivity contribution in [3.05, 3.63) is 223 Å². The Labute approximate surface area is 835 Å². The molecule has 15 N–H and O–H groups in total. The Bertz CT molecular complexity index is 8620. The van der Waals surface area contributed by atoms with Gasteiger partial charge in [0.1, 0.15) is 94.8 Å². The highest BCUT2D eigenvalue weighted by atomic mass is 16.5. The molecule has 146 heavy (non-hydrogen) atoms. The number of para-hydroxylation sites is 2. The van der Waals surface area contributed by atoms with Crippen molar-refractivity contribution in [3.63, 3.8) is 0 Å². The van der Waals surface area contributed by atoms with Gasteiger partial charge >= 0.3 is 18.0 Å². The Hall–Kier alpha value is -17.8. The van der Waals surface area contributed by atoms with Crippen LogP contribution in [0.2, 0.25) is 0 Å². The molecule has 5 aromatic carbocycles. The van der Waals surface area contributed by atoms with Crippen LogP contribution < -0.4 is 55.3 Å². The van der Waals surface area contributed by atoms with Crippen LogP contribution in [0.5, 0.6) is 0 Å². The number of nitrogen functional groups attached to an aromatic ring is 5. The number of fused-ring (bicyclic) bond motifs is 35. The van der Waals surface area contributed by atoms with Gasteiger partial charge in [-0.3, -0.25) is 32.7 Å². The first-order valence-electron chi connectivity index (χ1n) is 49.2. The van der Waals surface area contributed by atoms with Gasteiger partial charge in [-0.15, -0.1) is 0 Å². The van der Waals surface area contributed by atoms with E-state index in [1.54, 1.807) is 50.4 Å². The van der Waals surface area contributed by atoms with Gasteiger partial charge < -0.3 is 87.4 Å². The zero-order chi connectivity index (χ0) is 101. The summed E-state index contributed by atoms with van der Waals surface area (Å²) in [5, 5.41) is 24.6. The molecule has 20 heterocycles. The number of hydrogen-bond acceptors (Lipinski definition) is 23. The summed E-state index contributed by atoms with van der Waals surface area (Å²) < 4.78 is 25.1. The molecule has 27 rings (SSSR count). The van der Waals surface area contributed by atoms with Crippen molar-refractivity contribution in [2.45, 2.75) is 183 Å². The average molecular weight is 1950 g/mol. The third-order valence-electron chi connectivity index (χ3n) is 28.8. The van der Waals surface area contributed by atoms with Crippen LogP contribution in [-0.4, -0.2) is 150 Å². The van der Waals surface area contributed by atoms with E-state index in [2.05, 4.69) is 239 Å². The smallest absolute Gasteiger partial charge is 0.337 e. The monoisotopic (exact) mass is 1950 g/mol. The lowest BCUT2D eigenvalue weighted by Gasteiger charge is -2.15. The normalized spacial score (nSPS) is 14.5. The Kier molecular flexibility index (Phi) is 22.1. The molecule has 20 aromatic rings. The number of nitrogens with two attached hydrogens (primary N) is 5. The van der Waals surface area contributed by atoms with Gasteiger partial charge in [0.25, 0.3) is 11.8 Å². The lowest BCUT2D eigenvalue weighted by atomic mass is 10.1. The van der Waals surface area contributed by atoms with Crippen molar-refractivity contribution >= 4 is 186 Å². The molecule has 4 amide bonds. The van der Waals surface area contributed by atoms with Gasteiger partial charge in [-0.1, -0.05) is 67.8 Å². The first kappa shape index (κ1) is 91.9. The fourth-order valence-corrected chi connectivity index (χ4v) is 22.3. The van der Waals surface area contributed by atoms with Gasteiger partial charge in [-0.25, -0.2) is 64.2 Å². The molecule has 0 saturated heterocycles. The summed E-state index contributed by atoms with van der Waals surface area (Å²) in [5.74, 6) is 2.37. The number of hydrogen-bond donors (Lipinski definition) is 10. The molecular formula is C109H108N30O7. The number of nitrogens with zero attached hydrogens (tertiary/aromatic N) is 20. The van der Waals surface area contributed by atoms with Crippen LogP contribution in [-0.2, 0) is 37.2 Å². The lowest BCUT2D eigenvalue weighted by Crippen LogP contribution is -2.28. The zero-order valence-electron chi connectivity index (χ0n) is 82.5. The summed E-state index contributed by atoms with van der Waals surface area (Å²) in [6.45, 7) is 31.1. The van der Waals surface area contributed by atoms with Crippen LogP contribution >= 0.6 is 0 Å². The molecular weight excluding hydrogens is 1840 g/mol. The highest BCUT2D eigenvalue weighted by Crippen LogP contribution is 2.51. The fraction of sp³-hybridized carbons (Fsp3) is 0.266. The predicted octanol–water partition coefficient (Wildman–Crippen LogP) is 18.3. The number of esters is 1. The van der Waals surface area contributed by atoms with Crippen molar-refractivity contribution in [1.82, 2.24) is 122 Å². The first-order valence-corrected chi connectivity index (χ1v) is 49.2. The molecule has 2 aliphatic carbocycles. The predicted molar refractivity (Wildman–Crippen MR) is 569 cm³/mol. The first-order chi connectivity index (χ1) is 70.4. The summed E-state index contributed by atoms with van der Waals surface area (Å²) in [4.78, 5) is 121. The molecule has 37 nitrogen and oxygen atoms in total. The van der Waals surface area contributed by atoms with Crippen molar-refractivity contribution in [2.75, 3.05) is 35.8 Å². The largest absolute Gasteiger partial charge is 0.465 e. The summed E-state index contributed by atoms with van der Waals surface area (Å²) >= 11 is 0. The number of carbonyl (C=O) groups is 6. The number of methoxy groups -OCH3 is 1. The number of carbonyl (C=O) groups excluding carboxylic acids is 6. The number of benzene rings is 5. The minimum absolute atomic E-state index is 0.00447. The van der Waals surface area contributed by atoms with Crippen LogP contribution in [0.3, 0.4) is 0 Å². The lowest BCUT2D eigenvalue weighted by molar-refractivity contribution is 0.0600. The summed E-state index contributed by atoms with van der Waals surface area (Å²) in [7, 11) is 1.33. The minimum atomic E-state index is -0.462. The second-order valence-electron chi connectivity index (χ2n) is 39.5. The van der Waals surface area contributed by atoms with Crippen LogP contribution in [0.15, 0.2) is 178 Å². The van der Waals surface area contributed by atoms with Crippen molar-refractivity contribution in [3.8, 4) is 56.3 Å². The Morgan fingerprint density at radius 2 is 0.651 bits per heavy atom. The molecule has 0 radical (unpaired) electrons. The molecule has 2 fully saturated rings. The molecule has 2 saturated carbocycles. The molecule has 7 aliphatic rings. The maximum absolute atomic E-state index is 13.3. The molecule has 736 valence electrons. The van der Waals surface area contributed by atoms with Gasteiger partial charge in [0.05, 0.1) is 115 Å². The van der Waals surface area contributed by atoms with Crippen LogP contribution in [0.4, 0.5) is 38.7 Å². The van der Waals surface area contributed by atoms with Crippen molar-refractivity contribution in [1.29, 1.82) is 0 Å². The second kappa shape index (κ2) is 35.1. The average Bonchev–Trinajstić information content (AvgIpc) is 1.57.